The van der Waals surface area contributed by atoms with Gasteiger partial charge in [0.25, 0.3) is 0 Å². The molecular formula is C30H36F3NO3. The van der Waals surface area contributed by atoms with Crippen molar-refractivity contribution in [2.45, 2.75) is 84.0 Å². The average molecular weight is 516 g/mol. The average Bonchev–Trinajstić information content (AvgIpc) is 2.87. The predicted molar refractivity (Wildman–Crippen MR) is 136 cm³/mol. The van der Waals surface area contributed by atoms with E-state index in [0.717, 1.165) is 24.8 Å². The molecule has 0 radical (unpaired) electrons. The minimum absolute atomic E-state index is 0.315. The van der Waals surface area contributed by atoms with Gasteiger partial charge in [0.15, 0.2) is 0 Å². The zero-order valence-electron chi connectivity index (χ0n) is 21.5. The molecule has 200 valence electrons. The Bertz CT molecular complexity index is 1050. The summed E-state index contributed by atoms with van der Waals surface area (Å²) in [6, 6.07) is 6.61. The molecule has 0 N–H and O–H groups in total. The van der Waals surface area contributed by atoms with Gasteiger partial charge in [0.2, 0.25) is 0 Å². The first-order chi connectivity index (χ1) is 17.9. The van der Waals surface area contributed by atoms with Gasteiger partial charge in [-0.1, -0.05) is 71.1 Å². The number of esters is 1. The van der Waals surface area contributed by atoms with Crippen molar-refractivity contribution in [3.8, 4) is 17.6 Å². The van der Waals surface area contributed by atoms with Crippen molar-refractivity contribution in [3.63, 3.8) is 0 Å². The molecule has 0 heterocycles. The Labute approximate surface area is 217 Å². The molecule has 0 aromatic heterocycles. The highest BCUT2D eigenvalue weighted by Crippen LogP contribution is 2.33. The zero-order valence-corrected chi connectivity index (χ0v) is 21.5. The smallest absolute Gasteiger partial charge is 0.346 e. The first kappa shape index (κ1) is 28.6. The molecule has 0 saturated heterocycles. The molecule has 0 bridgehead atoms. The fourth-order valence-electron chi connectivity index (χ4n) is 4.92. The Morgan fingerprint density at radius 1 is 0.865 bits per heavy atom. The minimum atomic E-state index is -1.17. The van der Waals surface area contributed by atoms with Gasteiger partial charge < -0.3 is 9.47 Å². The van der Waals surface area contributed by atoms with E-state index in [1.54, 1.807) is 0 Å². The third kappa shape index (κ3) is 8.80. The van der Waals surface area contributed by atoms with Gasteiger partial charge in [-0.25, -0.2) is 18.0 Å². The number of carbonyl (C=O) groups excluding carboxylic acids is 1. The standard InChI is InChI=1S/C30H36F3NO3/c1-2-3-4-5-6-7-8-9-21-10-12-22(13-11-21)20-36-23-14-15-25(27(31)16-23)30(35)37-24-17-28(32)26(19-34)29(33)18-24/h14-18,21-22H,2-13,20H2,1H3. The Morgan fingerprint density at radius 2 is 1.46 bits per heavy atom. The van der Waals surface area contributed by atoms with E-state index in [0.29, 0.717) is 30.4 Å². The molecule has 0 unspecified atom stereocenters. The highest BCUT2D eigenvalue weighted by Gasteiger charge is 2.22. The van der Waals surface area contributed by atoms with Crippen LogP contribution >= 0.6 is 0 Å². The van der Waals surface area contributed by atoms with Crippen LogP contribution in [0.1, 0.15) is 99.9 Å². The topological polar surface area (TPSA) is 59.3 Å². The first-order valence-electron chi connectivity index (χ1n) is 13.4. The van der Waals surface area contributed by atoms with E-state index >= 15 is 0 Å². The molecule has 0 aliphatic heterocycles. The summed E-state index contributed by atoms with van der Waals surface area (Å²) in [5, 5.41) is 8.72. The molecule has 0 amide bonds. The van der Waals surface area contributed by atoms with E-state index in [4.69, 9.17) is 14.7 Å². The molecular weight excluding hydrogens is 479 g/mol. The third-order valence-corrected chi connectivity index (χ3v) is 7.17. The quantitative estimate of drug-likeness (QED) is 0.152. The van der Waals surface area contributed by atoms with Gasteiger partial charge in [0.05, 0.1) is 12.2 Å². The normalized spacial score (nSPS) is 17.3. The highest BCUT2D eigenvalue weighted by molar-refractivity contribution is 5.91. The molecule has 37 heavy (non-hydrogen) atoms. The SMILES string of the molecule is CCCCCCCCCC1CCC(COc2ccc(C(=O)Oc3cc(F)c(C#N)c(F)c3)c(F)c2)CC1. The number of hydrogen-bond acceptors (Lipinski definition) is 4. The molecule has 1 aliphatic rings. The van der Waals surface area contributed by atoms with Crippen LogP contribution in [0.25, 0.3) is 0 Å². The van der Waals surface area contributed by atoms with Crippen LogP contribution in [0.5, 0.6) is 11.5 Å². The maximum Gasteiger partial charge on any atom is 0.346 e. The molecule has 7 heteroatoms. The fraction of sp³-hybridized carbons (Fsp3) is 0.533. The molecule has 0 atom stereocenters. The minimum Gasteiger partial charge on any atom is -0.493 e. The lowest BCUT2D eigenvalue weighted by Crippen LogP contribution is -2.20. The summed E-state index contributed by atoms with van der Waals surface area (Å²) in [7, 11) is 0. The van der Waals surface area contributed by atoms with Crippen molar-refractivity contribution in [1.29, 1.82) is 5.26 Å². The number of nitriles is 1. The molecule has 2 aromatic carbocycles. The van der Waals surface area contributed by atoms with Gasteiger partial charge in [0, 0.05) is 18.2 Å². The molecule has 1 saturated carbocycles. The number of carbonyl (C=O) groups is 1. The number of hydrogen-bond donors (Lipinski definition) is 0. The summed E-state index contributed by atoms with van der Waals surface area (Å²) in [6.45, 7) is 2.74. The lowest BCUT2D eigenvalue weighted by molar-refractivity contribution is 0.0729. The Kier molecular flexibility index (Phi) is 11.3. The van der Waals surface area contributed by atoms with Crippen LogP contribution in [0.2, 0.25) is 0 Å². The van der Waals surface area contributed by atoms with Gasteiger partial charge in [-0.15, -0.1) is 0 Å². The van der Waals surface area contributed by atoms with Crippen molar-refractivity contribution in [2.75, 3.05) is 6.61 Å². The molecule has 0 spiro atoms. The second-order valence-corrected chi connectivity index (χ2v) is 10.0. The predicted octanol–water partition coefficient (Wildman–Crippen LogP) is 8.52. The fourth-order valence-corrected chi connectivity index (χ4v) is 4.92. The monoisotopic (exact) mass is 515 g/mol. The molecule has 4 nitrogen and oxygen atoms in total. The van der Waals surface area contributed by atoms with E-state index in [1.165, 1.54) is 82.4 Å². The maximum atomic E-state index is 14.6. The van der Waals surface area contributed by atoms with E-state index in [9.17, 15) is 18.0 Å². The van der Waals surface area contributed by atoms with Crippen LogP contribution in [-0.4, -0.2) is 12.6 Å². The van der Waals surface area contributed by atoms with E-state index in [1.807, 2.05) is 0 Å². The Morgan fingerprint density at radius 3 is 2.08 bits per heavy atom. The van der Waals surface area contributed by atoms with Crippen molar-refractivity contribution in [3.05, 3.63) is 58.9 Å². The summed E-state index contributed by atoms with van der Waals surface area (Å²) in [5.41, 5.74) is -1.17. The number of benzene rings is 2. The van der Waals surface area contributed by atoms with Crippen molar-refractivity contribution < 1.29 is 27.4 Å². The van der Waals surface area contributed by atoms with Gasteiger partial charge in [-0.3, -0.25) is 0 Å². The van der Waals surface area contributed by atoms with Gasteiger partial charge in [0.1, 0.15) is 40.6 Å². The van der Waals surface area contributed by atoms with Crippen LogP contribution < -0.4 is 9.47 Å². The van der Waals surface area contributed by atoms with E-state index < -0.39 is 34.7 Å². The van der Waals surface area contributed by atoms with Gasteiger partial charge in [-0.2, -0.15) is 5.26 Å². The van der Waals surface area contributed by atoms with E-state index in [2.05, 4.69) is 6.92 Å². The van der Waals surface area contributed by atoms with Crippen molar-refractivity contribution in [2.24, 2.45) is 11.8 Å². The van der Waals surface area contributed by atoms with Crippen LogP contribution in [0, 0.1) is 40.6 Å². The number of rotatable bonds is 13. The largest absolute Gasteiger partial charge is 0.493 e. The molecule has 2 aromatic rings. The molecule has 1 aliphatic carbocycles. The van der Waals surface area contributed by atoms with Crippen LogP contribution in [0.4, 0.5) is 13.2 Å². The van der Waals surface area contributed by atoms with Crippen LogP contribution in [0.15, 0.2) is 30.3 Å². The molecule has 3 rings (SSSR count). The zero-order chi connectivity index (χ0) is 26.6. The summed E-state index contributed by atoms with van der Waals surface area (Å²) < 4.78 is 52.7. The number of unbranched alkanes of at least 4 members (excludes halogenated alkanes) is 6. The summed E-state index contributed by atoms with van der Waals surface area (Å²) in [6.07, 6.45) is 15.3. The lowest BCUT2D eigenvalue weighted by atomic mass is 9.80. The summed E-state index contributed by atoms with van der Waals surface area (Å²) in [5.74, 6) is -3.20. The highest BCUT2D eigenvalue weighted by atomic mass is 19.1. The second kappa shape index (κ2) is 14.7. The number of nitrogens with zero attached hydrogens (tertiary/aromatic N) is 1. The first-order valence-corrected chi connectivity index (χ1v) is 13.4. The van der Waals surface area contributed by atoms with Gasteiger partial charge >= 0.3 is 5.97 Å². The Balaban J connectivity index is 1.40. The summed E-state index contributed by atoms with van der Waals surface area (Å²) in [4.78, 5) is 12.3. The maximum absolute atomic E-state index is 14.6. The molecule has 1 fully saturated rings. The third-order valence-electron chi connectivity index (χ3n) is 7.17. The van der Waals surface area contributed by atoms with Crippen molar-refractivity contribution in [1.82, 2.24) is 0 Å². The Hall–Kier alpha value is -3.01. The summed E-state index contributed by atoms with van der Waals surface area (Å²) >= 11 is 0. The number of halogens is 3. The van der Waals surface area contributed by atoms with Crippen LogP contribution in [0.3, 0.4) is 0 Å². The van der Waals surface area contributed by atoms with E-state index in [-0.39, 0.29) is 5.56 Å². The number of ether oxygens (including phenoxy) is 2. The lowest BCUT2D eigenvalue weighted by Gasteiger charge is -2.28. The van der Waals surface area contributed by atoms with Gasteiger partial charge in [-0.05, 0) is 36.8 Å². The van der Waals surface area contributed by atoms with Crippen molar-refractivity contribution >= 4 is 5.97 Å². The second-order valence-electron chi connectivity index (χ2n) is 10.0. The van der Waals surface area contributed by atoms with Crippen LogP contribution in [-0.2, 0) is 0 Å².